The normalized spacial score (nSPS) is 16.1. The molecule has 1 unspecified atom stereocenters. The van der Waals surface area contributed by atoms with E-state index in [0.29, 0.717) is 0 Å². The van der Waals surface area contributed by atoms with Crippen LogP contribution in [0.25, 0.3) is 0 Å². The Kier molecular flexibility index (Phi) is 7.44. The maximum absolute atomic E-state index is 6.25. The lowest BCUT2D eigenvalue weighted by molar-refractivity contribution is -0.130. The number of hydrogen-bond acceptors (Lipinski definition) is 3. The molecule has 0 aromatic carbocycles. The van der Waals surface area contributed by atoms with E-state index in [0.717, 1.165) is 25.1 Å². The molecule has 126 valence electrons. The number of ether oxygens (including phenoxy) is 2. The summed E-state index contributed by atoms with van der Waals surface area (Å²) in [5.41, 5.74) is 6.45. The van der Waals surface area contributed by atoms with E-state index in [-0.39, 0.29) is 22.7 Å². The molecule has 0 heterocycles. The van der Waals surface area contributed by atoms with Crippen LogP contribution in [0.2, 0.25) is 0 Å². The predicted octanol–water partition coefficient (Wildman–Crippen LogP) is 4.65. The van der Waals surface area contributed by atoms with Gasteiger partial charge in [0.1, 0.15) is 0 Å². The van der Waals surface area contributed by atoms with Crippen LogP contribution in [0.4, 0.5) is 0 Å². The van der Waals surface area contributed by atoms with E-state index in [2.05, 4.69) is 55.4 Å². The van der Waals surface area contributed by atoms with Gasteiger partial charge in [-0.15, -0.1) is 0 Å². The number of hydrogen-bond donors (Lipinski definition) is 1. The first kappa shape index (κ1) is 20.5. The molecule has 0 aliphatic rings. The Balaban J connectivity index is 4.64. The summed E-state index contributed by atoms with van der Waals surface area (Å²) in [5.74, 6) is 0. The highest BCUT2D eigenvalue weighted by Crippen LogP contribution is 2.38. The average molecular weight is 299 g/mol. The first-order chi connectivity index (χ1) is 9.31. The molecule has 0 aromatic rings. The molecule has 0 fully saturated rings. The second-order valence-electron chi connectivity index (χ2n) is 8.02. The summed E-state index contributed by atoms with van der Waals surface area (Å²) in [4.78, 5) is 0. The Morgan fingerprint density at radius 3 is 2.05 bits per heavy atom. The van der Waals surface area contributed by atoms with Crippen molar-refractivity contribution in [2.45, 2.75) is 92.5 Å². The third-order valence-electron chi connectivity index (χ3n) is 4.23. The zero-order chi connectivity index (χ0) is 16.9. The third kappa shape index (κ3) is 7.87. The largest absolute Gasteiger partial charge is 0.402 e. The van der Waals surface area contributed by atoms with E-state index in [9.17, 15) is 0 Å². The second kappa shape index (κ2) is 7.64. The predicted molar refractivity (Wildman–Crippen MR) is 91.3 cm³/mol. The molecule has 0 radical (unpaired) electrons. The Labute approximate surface area is 132 Å². The van der Waals surface area contributed by atoms with E-state index in [1.807, 2.05) is 13.0 Å². The van der Waals surface area contributed by atoms with Gasteiger partial charge in [-0.1, -0.05) is 20.8 Å². The number of allylic oxidation sites excluding steroid dienone is 1. The first-order valence-corrected chi connectivity index (χ1v) is 8.08. The van der Waals surface area contributed by atoms with Crippen LogP contribution in [0.5, 0.6) is 0 Å². The average Bonchev–Trinajstić information content (AvgIpc) is 2.25. The fourth-order valence-electron chi connectivity index (χ4n) is 1.99. The lowest BCUT2D eigenvalue weighted by Gasteiger charge is -2.43. The summed E-state index contributed by atoms with van der Waals surface area (Å²) >= 11 is 0. The maximum atomic E-state index is 6.25. The van der Waals surface area contributed by atoms with E-state index >= 15 is 0 Å². The summed E-state index contributed by atoms with van der Waals surface area (Å²) in [6.45, 7) is 19.9. The molecular weight excluding hydrogens is 262 g/mol. The molecule has 0 amide bonds. The Hall–Kier alpha value is -0.540. The molecule has 0 spiro atoms. The molecule has 0 bridgehead atoms. The highest BCUT2D eigenvalue weighted by atomic mass is 16.5. The molecule has 0 aliphatic heterocycles. The molecular formula is C18H37NO2. The summed E-state index contributed by atoms with van der Waals surface area (Å²) in [6.07, 6.45) is 3.83. The zero-order valence-electron chi connectivity index (χ0n) is 15.7. The Bertz CT molecular complexity index is 338. The molecule has 1 atom stereocenters. The van der Waals surface area contributed by atoms with E-state index in [1.165, 1.54) is 0 Å². The van der Waals surface area contributed by atoms with Crippen molar-refractivity contribution in [1.82, 2.24) is 0 Å². The highest BCUT2D eigenvalue weighted by Gasteiger charge is 2.38. The van der Waals surface area contributed by atoms with Crippen LogP contribution < -0.4 is 5.73 Å². The fourth-order valence-corrected chi connectivity index (χ4v) is 1.99. The minimum Gasteiger partial charge on any atom is -0.402 e. The van der Waals surface area contributed by atoms with Crippen molar-refractivity contribution in [3.8, 4) is 0 Å². The standard InChI is InChI=1S/C18H37NO2/c1-10-15(19)13-14(2)21-18(8,9)17(6,7)11-12-20-16(3,4)5/h13-14H,10-12,19H2,1-9H3/b15-13+. The molecule has 21 heavy (non-hydrogen) atoms. The SMILES string of the molecule is CC/C(N)=C\C(C)OC(C)(C)C(C)(C)CCOC(C)(C)C. The van der Waals surface area contributed by atoms with Crippen LogP contribution in [0.3, 0.4) is 0 Å². The summed E-state index contributed by atoms with van der Waals surface area (Å²) in [7, 11) is 0. The molecule has 0 saturated heterocycles. The van der Waals surface area contributed by atoms with Gasteiger partial charge in [0.2, 0.25) is 0 Å². The van der Waals surface area contributed by atoms with Crippen molar-refractivity contribution in [2.75, 3.05) is 6.61 Å². The monoisotopic (exact) mass is 299 g/mol. The van der Waals surface area contributed by atoms with Crippen LogP contribution in [0.1, 0.15) is 75.2 Å². The van der Waals surface area contributed by atoms with Crippen molar-refractivity contribution in [2.24, 2.45) is 11.1 Å². The van der Waals surface area contributed by atoms with Gasteiger partial charge in [-0.25, -0.2) is 0 Å². The van der Waals surface area contributed by atoms with Crippen LogP contribution in [-0.2, 0) is 9.47 Å². The van der Waals surface area contributed by atoms with Crippen molar-refractivity contribution in [3.05, 3.63) is 11.8 Å². The molecule has 0 saturated carbocycles. The van der Waals surface area contributed by atoms with E-state index in [4.69, 9.17) is 15.2 Å². The molecule has 0 aliphatic carbocycles. The van der Waals surface area contributed by atoms with E-state index < -0.39 is 0 Å². The third-order valence-corrected chi connectivity index (χ3v) is 4.23. The van der Waals surface area contributed by atoms with Gasteiger partial charge in [0, 0.05) is 12.3 Å². The minimum absolute atomic E-state index is 0.0152. The van der Waals surface area contributed by atoms with Gasteiger partial charge in [-0.05, 0) is 65.9 Å². The smallest absolute Gasteiger partial charge is 0.0754 e. The van der Waals surface area contributed by atoms with Crippen LogP contribution >= 0.6 is 0 Å². The number of nitrogens with two attached hydrogens (primary N) is 1. The van der Waals surface area contributed by atoms with Crippen LogP contribution in [-0.4, -0.2) is 23.9 Å². The summed E-state index contributed by atoms with van der Waals surface area (Å²) < 4.78 is 12.1. The van der Waals surface area contributed by atoms with Crippen LogP contribution in [0.15, 0.2) is 11.8 Å². The molecule has 0 rings (SSSR count). The van der Waals surface area contributed by atoms with Crippen molar-refractivity contribution in [1.29, 1.82) is 0 Å². The molecule has 0 aromatic heterocycles. The van der Waals surface area contributed by atoms with Crippen LogP contribution in [0, 0.1) is 5.41 Å². The first-order valence-electron chi connectivity index (χ1n) is 8.08. The summed E-state index contributed by atoms with van der Waals surface area (Å²) in [5, 5.41) is 0. The topological polar surface area (TPSA) is 44.5 Å². The Morgan fingerprint density at radius 2 is 1.62 bits per heavy atom. The maximum Gasteiger partial charge on any atom is 0.0754 e. The van der Waals surface area contributed by atoms with Crippen molar-refractivity contribution >= 4 is 0 Å². The van der Waals surface area contributed by atoms with Gasteiger partial charge in [-0.2, -0.15) is 0 Å². The molecule has 3 nitrogen and oxygen atoms in total. The summed E-state index contributed by atoms with van der Waals surface area (Å²) in [6, 6.07) is 0. The zero-order valence-corrected chi connectivity index (χ0v) is 15.7. The van der Waals surface area contributed by atoms with Crippen molar-refractivity contribution < 1.29 is 9.47 Å². The lowest BCUT2D eigenvalue weighted by atomic mass is 9.74. The highest BCUT2D eigenvalue weighted by molar-refractivity contribution is 5.00. The van der Waals surface area contributed by atoms with Gasteiger partial charge in [-0.3, -0.25) is 0 Å². The Morgan fingerprint density at radius 1 is 1.10 bits per heavy atom. The van der Waals surface area contributed by atoms with Gasteiger partial charge < -0.3 is 15.2 Å². The quantitative estimate of drug-likeness (QED) is 0.709. The fraction of sp³-hybridized carbons (Fsp3) is 0.889. The van der Waals surface area contributed by atoms with Gasteiger partial charge >= 0.3 is 0 Å². The minimum atomic E-state index is -0.252. The molecule has 2 N–H and O–H groups in total. The van der Waals surface area contributed by atoms with Gasteiger partial charge in [0.25, 0.3) is 0 Å². The van der Waals surface area contributed by atoms with Crippen molar-refractivity contribution in [3.63, 3.8) is 0 Å². The van der Waals surface area contributed by atoms with Gasteiger partial charge in [0.15, 0.2) is 0 Å². The number of rotatable bonds is 8. The second-order valence-corrected chi connectivity index (χ2v) is 8.02. The van der Waals surface area contributed by atoms with E-state index in [1.54, 1.807) is 0 Å². The lowest BCUT2D eigenvalue weighted by Crippen LogP contribution is -2.44. The van der Waals surface area contributed by atoms with Gasteiger partial charge in [0.05, 0.1) is 17.3 Å². The molecule has 3 heteroatoms.